The number of fused-ring (bicyclic) bond motifs is 6. The topological polar surface area (TPSA) is 41.9 Å². The quantitative estimate of drug-likeness (QED) is 0.489. The fourth-order valence-electron chi connectivity index (χ4n) is 5.09. The molecule has 0 bridgehead atoms. The van der Waals surface area contributed by atoms with Crippen molar-refractivity contribution in [1.29, 1.82) is 0 Å². The Bertz CT molecular complexity index is 1200. The van der Waals surface area contributed by atoms with Gasteiger partial charge in [0.25, 0.3) is 0 Å². The number of aliphatic imine (C=N–C) groups is 1. The molecule has 0 unspecified atom stereocenters. The minimum absolute atomic E-state index is 0.169. The second-order valence-corrected chi connectivity index (χ2v) is 9.00. The average molecular weight is 459 g/mol. The summed E-state index contributed by atoms with van der Waals surface area (Å²) in [4.78, 5) is 20.9. The lowest BCUT2D eigenvalue weighted by Crippen LogP contribution is -2.56. The van der Waals surface area contributed by atoms with E-state index >= 15 is 0 Å². The maximum atomic E-state index is 13.5. The van der Waals surface area contributed by atoms with Crippen LogP contribution >= 0.6 is 15.9 Å². The Morgan fingerprint density at radius 2 is 1.70 bits per heavy atom. The lowest BCUT2D eigenvalue weighted by atomic mass is 9.73. The van der Waals surface area contributed by atoms with E-state index in [0.717, 1.165) is 28.6 Å². The van der Waals surface area contributed by atoms with Gasteiger partial charge in [-0.05, 0) is 53.4 Å². The predicted molar refractivity (Wildman–Crippen MR) is 120 cm³/mol. The third-order valence-corrected chi connectivity index (χ3v) is 6.96. The molecule has 3 aliphatic heterocycles. The van der Waals surface area contributed by atoms with Crippen molar-refractivity contribution in [1.82, 2.24) is 0 Å². The van der Waals surface area contributed by atoms with Gasteiger partial charge in [-0.2, -0.15) is 0 Å². The first-order valence-corrected chi connectivity index (χ1v) is 11.0. The van der Waals surface area contributed by atoms with E-state index in [1.54, 1.807) is 0 Å². The van der Waals surface area contributed by atoms with Gasteiger partial charge >= 0.3 is 5.97 Å². The number of carbonyl (C=O) groups is 1. The van der Waals surface area contributed by atoms with Crippen LogP contribution in [-0.2, 0) is 22.4 Å². The van der Waals surface area contributed by atoms with Crippen LogP contribution in [0.5, 0.6) is 0 Å². The number of nitrogens with zero attached hydrogens (tertiary/aromatic N) is 2. The molecule has 6 rings (SSSR count). The molecule has 2 atom stereocenters. The lowest BCUT2D eigenvalue weighted by molar-refractivity contribution is -0.140. The standard InChI is InChI=1S/C25H19BrN2O2/c26-19-11-9-17(10-12-19)23-27-25(24(29)30-23)15-18-6-2-4-8-21(18)28-14-13-16-5-1-3-7-20(16)22(25)28/h1-12,22H,13-15H2/t22-,25-/m1/s1. The molecule has 0 radical (unpaired) electrons. The maximum Gasteiger partial charge on any atom is 0.343 e. The Kier molecular flexibility index (Phi) is 3.90. The SMILES string of the molecule is O=C1OC(c2ccc(Br)cc2)=N[C@@]12Cc1ccccc1N1CCc3ccccc3[C@@H]12. The van der Waals surface area contributed by atoms with Gasteiger partial charge < -0.3 is 9.64 Å². The number of benzene rings is 3. The molecular weight excluding hydrogens is 440 g/mol. The monoisotopic (exact) mass is 458 g/mol. The molecule has 0 N–H and O–H groups in total. The summed E-state index contributed by atoms with van der Waals surface area (Å²) in [6.45, 7) is 0.858. The number of carbonyl (C=O) groups excluding carboxylic acids is 1. The highest BCUT2D eigenvalue weighted by atomic mass is 79.9. The summed E-state index contributed by atoms with van der Waals surface area (Å²) in [6.07, 6.45) is 1.49. The van der Waals surface area contributed by atoms with Crippen LogP contribution in [0, 0.1) is 0 Å². The first kappa shape index (κ1) is 17.9. The van der Waals surface area contributed by atoms with E-state index in [1.807, 2.05) is 30.3 Å². The number of cyclic esters (lactones) is 1. The van der Waals surface area contributed by atoms with Gasteiger partial charge in [-0.25, -0.2) is 9.79 Å². The van der Waals surface area contributed by atoms with Crippen LogP contribution in [0.3, 0.4) is 0 Å². The number of rotatable bonds is 1. The fourth-order valence-corrected chi connectivity index (χ4v) is 5.36. The number of esters is 1. The van der Waals surface area contributed by atoms with E-state index in [2.05, 4.69) is 63.3 Å². The van der Waals surface area contributed by atoms with E-state index in [-0.39, 0.29) is 12.0 Å². The lowest BCUT2D eigenvalue weighted by Gasteiger charge is -2.49. The van der Waals surface area contributed by atoms with Crippen LogP contribution in [0.4, 0.5) is 5.69 Å². The molecule has 0 saturated heterocycles. The molecule has 3 aliphatic rings. The summed E-state index contributed by atoms with van der Waals surface area (Å²) in [5, 5.41) is 0. The Morgan fingerprint density at radius 1 is 0.967 bits per heavy atom. The van der Waals surface area contributed by atoms with Crippen molar-refractivity contribution < 1.29 is 9.53 Å². The maximum absolute atomic E-state index is 13.5. The second kappa shape index (κ2) is 6.54. The number of ether oxygens (including phenoxy) is 1. The molecule has 5 heteroatoms. The average Bonchev–Trinajstić information content (AvgIpc) is 3.10. The normalized spacial score (nSPS) is 24.0. The van der Waals surface area contributed by atoms with E-state index in [1.165, 1.54) is 16.8 Å². The van der Waals surface area contributed by atoms with Crippen molar-refractivity contribution in [3.63, 3.8) is 0 Å². The van der Waals surface area contributed by atoms with Gasteiger partial charge in [0, 0.05) is 28.7 Å². The van der Waals surface area contributed by atoms with Crippen molar-refractivity contribution in [2.24, 2.45) is 4.99 Å². The first-order chi connectivity index (χ1) is 14.7. The van der Waals surface area contributed by atoms with E-state index < -0.39 is 5.54 Å². The zero-order valence-electron chi connectivity index (χ0n) is 16.2. The molecule has 1 spiro atoms. The summed E-state index contributed by atoms with van der Waals surface area (Å²) in [5.74, 6) is 0.150. The Hall–Kier alpha value is -2.92. The Labute approximate surface area is 183 Å². The van der Waals surface area contributed by atoms with Crippen LogP contribution in [0.15, 0.2) is 82.3 Å². The summed E-state index contributed by atoms with van der Waals surface area (Å²) < 4.78 is 6.81. The van der Waals surface area contributed by atoms with Gasteiger partial charge in [-0.1, -0.05) is 58.4 Å². The van der Waals surface area contributed by atoms with Crippen LogP contribution in [0.2, 0.25) is 0 Å². The highest BCUT2D eigenvalue weighted by Crippen LogP contribution is 2.51. The predicted octanol–water partition coefficient (Wildman–Crippen LogP) is 4.85. The second-order valence-electron chi connectivity index (χ2n) is 8.09. The number of anilines is 1. The van der Waals surface area contributed by atoms with Crippen LogP contribution in [-0.4, -0.2) is 24.0 Å². The van der Waals surface area contributed by atoms with Gasteiger partial charge in [0.05, 0.1) is 6.04 Å². The number of hydrogen-bond donors (Lipinski definition) is 0. The molecule has 30 heavy (non-hydrogen) atoms. The molecule has 0 aromatic heterocycles. The smallest absolute Gasteiger partial charge is 0.343 e. The van der Waals surface area contributed by atoms with E-state index in [0.29, 0.717) is 12.3 Å². The summed E-state index contributed by atoms with van der Waals surface area (Å²) in [6, 6.07) is 24.4. The van der Waals surface area contributed by atoms with Crippen molar-refractivity contribution in [2.75, 3.05) is 11.4 Å². The first-order valence-electron chi connectivity index (χ1n) is 10.2. The third kappa shape index (κ3) is 2.51. The van der Waals surface area contributed by atoms with Crippen molar-refractivity contribution >= 4 is 33.5 Å². The third-order valence-electron chi connectivity index (χ3n) is 6.43. The highest BCUT2D eigenvalue weighted by Gasteiger charge is 2.58. The summed E-state index contributed by atoms with van der Waals surface area (Å²) in [7, 11) is 0. The molecule has 0 saturated carbocycles. The molecule has 148 valence electrons. The van der Waals surface area contributed by atoms with E-state index in [4.69, 9.17) is 9.73 Å². The van der Waals surface area contributed by atoms with Gasteiger partial charge in [-0.15, -0.1) is 0 Å². The van der Waals surface area contributed by atoms with Crippen LogP contribution in [0.1, 0.15) is 28.3 Å². The number of halogens is 1. The van der Waals surface area contributed by atoms with Crippen molar-refractivity contribution in [3.05, 3.63) is 99.5 Å². The fraction of sp³-hybridized carbons (Fsp3) is 0.200. The minimum Gasteiger partial charge on any atom is -0.405 e. The van der Waals surface area contributed by atoms with E-state index in [9.17, 15) is 4.79 Å². The van der Waals surface area contributed by atoms with Gasteiger partial charge in [0.2, 0.25) is 5.90 Å². The van der Waals surface area contributed by atoms with Gasteiger partial charge in [0.15, 0.2) is 5.54 Å². The summed E-state index contributed by atoms with van der Waals surface area (Å²) in [5.41, 5.74) is 4.65. The van der Waals surface area contributed by atoms with Gasteiger partial charge in [0.1, 0.15) is 0 Å². The molecule has 0 fully saturated rings. The zero-order chi connectivity index (χ0) is 20.3. The molecule has 3 aromatic rings. The molecule has 3 aromatic carbocycles. The Balaban J connectivity index is 1.57. The molecular formula is C25H19BrN2O2. The molecule has 0 amide bonds. The van der Waals surface area contributed by atoms with Gasteiger partial charge in [-0.3, -0.25) is 0 Å². The number of para-hydroxylation sites is 1. The minimum atomic E-state index is -0.979. The Morgan fingerprint density at radius 3 is 2.53 bits per heavy atom. The zero-order valence-corrected chi connectivity index (χ0v) is 17.8. The highest BCUT2D eigenvalue weighted by molar-refractivity contribution is 9.10. The largest absolute Gasteiger partial charge is 0.405 e. The van der Waals surface area contributed by atoms with Crippen LogP contribution in [0.25, 0.3) is 0 Å². The van der Waals surface area contributed by atoms with Crippen LogP contribution < -0.4 is 4.90 Å². The summed E-state index contributed by atoms with van der Waals surface area (Å²) >= 11 is 3.46. The van der Waals surface area contributed by atoms with Crippen molar-refractivity contribution in [3.8, 4) is 0 Å². The molecule has 3 heterocycles. The molecule has 0 aliphatic carbocycles. The number of hydrogen-bond acceptors (Lipinski definition) is 4. The van der Waals surface area contributed by atoms with Crippen molar-refractivity contribution in [2.45, 2.75) is 24.4 Å². The molecule has 4 nitrogen and oxygen atoms in total.